The topological polar surface area (TPSA) is 62.5 Å². The smallest absolute Gasteiger partial charge is 0.252 e. The van der Waals surface area contributed by atoms with E-state index in [1.54, 1.807) is 23.8 Å². The fourth-order valence-corrected chi connectivity index (χ4v) is 2.37. The predicted octanol–water partition coefficient (Wildman–Crippen LogP) is 2.57. The highest BCUT2D eigenvalue weighted by Gasteiger charge is 2.14. The summed E-state index contributed by atoms with van der Waals surface area (Å²) in [5.74, 6) is 6.31. The quantitative estimate of drug-likeness (QED) is 0.850. The number of aliphatic hydroxyl groups is 1. The first kappa shape index (κ1) is 14.4. The van der Waals surface area contributed by atoms with E-state index in [-0.39, 0.29) is 18.6 Å². The minimum absolute atomic E-state index is 0.0480. The maximum absolute atomic E-state index is 12.1. The predicted molar refractivity (Wildman–Crippen MR) is 77.5 cm³/mol. The molecule has 0 saturated heterocycles. The van der Waals surface area contributed by atoms with Gasteiger partial charge in [-0.2, -0.15) is 0 Å². The summed E-state index contributed by atoms with van der Waals surface area (Å²) in [6, 6.07) is 5.18. The van der Waals surface area contributed by atoms with Crippen molar-refractivity contribution in [2.24, 2.45) is 0 Å². The summed E-state index contributed by atoms with van der Waals surface area (Å²) in [6.07, 6.45) is 2.02. The van der Waals surface area contributed by atoms with Crippen molar-refractivity contribution in [2.75, 3.05) is 6.61 Å². The van der Waals surface area contributed by atoms with Gasteiger partial charge in [0.15, 0.2) is 0 Å². The average molecular weight is 289 g/mol. The standard InChI is InChI=1S/C15H15NO3S/c1-11(14-6-4-8-19-14)16-15(18)12-9-13(20-10-12)5-2-3-7-17/h4,6,8-11,17H,3,7H2,1H3,(H,16,18). The average Bonchev–Trinajstić information content (AvgIpc) is 3.10. The van der Waals surface area contributed by atoms with Crippen molar-refractivity contribution in [1.29, 1.82) is 0 Å². The first-order valence-electron chi connectivity index (χ1n) is 6.23. The van der Waals surface area contributed by atoms with Crippen LogP contribution in [0.1, 0.15) is 40.4 Å². The number of hydrogen-bond donors (Lipinski definition) is 2. The molecule has 5 heteroatoms. The van der Waals surface area contributed by atoms with Gasteiger partial charge in [0.1, 0.15) is 5.76 Å². The number of furan rings is 1. The lowest BCUT2D eigenvalue weighted by Crippen LogP contribution is -2.25. The Morgan fingerprint density at radius 1 is 1.60 bits per heavy atom. The Balaban J connectivity index is 1.98. The van der Waals surface area contributed by atoms with Gasteiger partial charge in [-0.05, 0) is 25.1 Å². The number of hydrogen-bond acceptors (Lipinski definition) is 4. The summed E-state index contributed by atoms with van der Waals surface area (Å²) >= 11 is 1.41. The van der Waals surface area contributed by atoms with E-state index in [0.29, 0.717) is 12.0 Å². The minimum atomic E-state index is -0.179. The van der Waals surface area contributed by atoms with E-state index in [2.05, 4.69) is 17.2 Å². The normalized spacial score (nSPS) is 11.5. The molecule has 4 nitrogen and oxygen atoms in total. The molecule has 2 aromatic rings. The molecule has 104 valence electrons. The molecule has 0 radical (unpaired) electrons. The number of carbonyl (C=O) groups excluding carboxylic acids is 1. The van der Waals surface area contributed by atoms with Crippen LogP contribution in [0.3, 0.4) is 0 Å². The summed E-state index contributed by atoms with van der Waals surface area (Å²) in [7, 11) is 0. The van der Waals surface area contributed by atoms with Gasteiger partial charge in [0.25, 0.3) is 5.91 Å². The molecule has 0 aliphatic heterocycles. The molecule has 1 atom stereocenters. The maximum atomic E-state index is 12.1. The molecular formula is C15H15NO3S. The molecule has 0 spiro atoms. The first-order chi connectivity index (χ1) is 9.70. The Kier molecular flexibility index (Phi) is 4.99. The van der Waals surface area contributed by atoms with Gasteiger partial charge in [-0.3, -0.25) is 4.79 Å². The molecule has 0 saturated carbocycles. The molecule has 2 N–H and O–H groups in total. The fourth-order valence-electron chi connectivity index (χ4n) is 1.62. The third-order valence-corrected chi connectivity index (χ3v) is 3.47. The Morgan fingerprint density at radius 2 is 2.45 bits per heavy atom. The summed E-state index contributed by atoms with van der Waals surface area (Å²) < 4.78 is 5.24. The Labute approximate surface area is 121 Å². The van der Waals surface area contributed by atoms with Gasteiger partial charge < -0.3 is 14.8 Å². The Hall–Kier alpha value is -2.03. The van der Waals surface area contributed by atoms with Crippen molar-refractivity contribution in [1.82, 2.24) is 5.32 Å². The van der Waals surface area contributed by atoms with E-state index in [4.69, 9.17) is 9.52 Å². The highest BCUT2D eigenvalue weighted by Crippen LogP contribution is 2.16. The van der Waals surface area contributed by atoms with Crippen molar-refractivity contribution < 1.29 is 14.3 Å². The van der Waals surface area contributed by atoms with Gasteiger partial charge in [0, 0.05) is 11.8 Å². The van der Waals surface area contributed by atoms with Crippen LogP contribution in [0.2, 0.25) is 0 Å². The first-order valence-corrected chi connectivity index (χ1v) is 7.11. The van der Waals surface area contributed by atoms with E-state index in [1.807, 2.05) is 13.0 Å². The zero-order chi connectivity index (χ0) is 14.4. The minimum Gasteiger partial charge on any atom is -0.467 e. The van der Waals surface area contributed by atoms with Crippen LogP contribution in [0.4, 0.5) is 0 Å². The van der Waals surface area contributed by atoms with Crippen molar-refractivity contribution in [3.63, 3.8) is 0 Å². The Morgan fingerprint density at radius 3 is 3.15 bits per heavy atom. The van der Waals surface area contributed by atoms with Gasteiger partial charge in [-0.25, -0.2) is 0 Å². The van der Waals surface area contributed by atoms with Crippen LogP contribution in [-0.4, -0.2) is 17.6 Å². The van der Waals surface area contributed by atoms with Crippen molar-refractivity contribution in [3.8, 4) is 11.8 Å². The summed E-state index contributed by atoms with van der Waals surface area (Å²) in [5, 5.41) is 13.3. The van der Waals surface area contributed by atoms with Crippen LogP contribution in [0.25, 0.3) is 0 Å². The molecule has 1 amide bonds. The second kappa shape index (κ2) is 6.94. The lowest BCUT2D eigenvalue weighted by atomic mass is 10.2. The molecule has 2 rings (SSSR count). The number of thiophene rings is 1. The lowest BCUT2D eigenvalue weighted by Gasteiger charge is -2.10. The molecule has 0 bridgehead atoms. The van der Waals surface area contributed by atoms with E-state index in [0.717, 1.165) is 10.6 Å². The number of rotatable bonds is 4. The molecule has 20 heavy (non-hydrogen) atoms. The summed E-state index contributed by atoms with van der Waals surface area (Å²) in [5.41, 5.74) is 0.585. The highest BCUT2D eigenvalue weighted by atomic mass is 32.1. The van der Waals surface area contributed by atoms with Gasteiger partial charge in [0.05, 0.1) is 29.4 Å². The van der Waals surface area contributed by atoms with Crippen LogP contribution in [0.5, 0.6) is 0 Å². The third kappa shape index (κ3) is 3.73. The fraction of sp³-hybridized carbons (Fsp3) is 0.267. The van der Waals surface area contributed by atoms with E-state index in [1.165, 1.54) is 11.3 Å². The molecule has 1 unspecified atom stereocenters. The van der Waals surface area contributed by atoms with Crippen LogP contribution < -0.4 is 5.32 Å². The second-order valence-electron chi connectivity index (χ2n) is 4.19. The SMILES string of the molecule is CC(NC(=O)c1csc(C#CCCO)c1)c1ccco1. The van der Waals surface area contributed by atoms with Crippen LogP contribution in [0, 0.1) is 11.8 Å². The van der Waals surface area contributed by atoms with E-state index in [9.17, 15) is 4.79 Å². The zero-order valence-electron chi connectivity index (χ0n) is 11.1. The largest absolute Gasteiger partial charge is 0.467 e. The van der Waals surface area contributed by atoms with Crippen LogP contribution in [0.15, 0.2) is 34.3 Å². The Bertz CT molecular complexity index is 619. The number of nitrogens with one attached hydrogen (secondary N) is 1. The lowest BCUT2D eigenvalue weighted by molar-refractivity contribution is 0.0936. The van der Waals surface area contributed by atoms with Crippen molar-refractivity contribution in [3.05, 3.63) is 46.0 Å². The molecule has 0 fully saturated rings. The second-order valence-corrected chi connectivity index (χ2v) is 5.10. The van der Waals surface area contributed by atoms with Crippen LogP contribution >= 0.6 is 11.3 Å². The molecular weight excluding hydrogens is 274 g/mol. The summed E-state index contributed by atoms with van der Waals surface area (Å²) in [4.78, 5) is 12.9. The number of aliphatic hydroxyl groups excluding tert-OH is 1. The molecule has 0 aromatic carbocycles. The number of amides is 1. The van der Waals surface area contributed by atoms with Gasteiger partial charge in [-0.1, -0.05) is 11.8 Å². The zero-order valence-corrected chi connectivity index (χ0v) is 11.9. The highest BCUT2D eigenvalue weighted by molar-refractivity contribution is 7.10. The maximum Gasteiger partial charge on any atom is 0.252 e. The van der Waals surface area contributed by atoms with Crippen molar-refractivity contribution >= 4 is 17.2 Å². The van der Waals surface area contributed by atoms with Crippen LogP contribution in [-0.2, 0) is 0 Å². The van der Waals surface area contributed by atoms with E-state index >= 15 is 0 Å². The van der Waals surface area contributed by atoms with Gasteiger partial charge in [-0.15, -0.1) is 11.3 Å². The molecule has 0 aliphatic carbocycles. The van der Waals surface area contributed by atoms with Gasteiger partial charge >= 0.3 is 0 Å². The molecule has 2 heterocycles. The molecule has 2 aromatic heterocycles. The van der Waals surface area contributed by atoms with Gasteiger partial charge in [0.2, 0.25) is 0 Å². The summed E-state index contributed by atoms with van der Waals surface area (Å²) in [6.45, 7) is 1.91. The number of carbonyl (C=O) groups is 1. The third-order valence-electron chi connectivity index (χ3n) is 2.63. The van der Waals surface area contributed by atoms with Crippen molar-refractivity contribution in [2.45, 2.75) is 19.4 Å². The monoisotopic (exact) mass is 289 g/mol. The molecule has 0 aliphatic rings. The van der Waals surface area contributed by atoms with E-state index < -0.39 is 0 Å².